The highest BCUT2D eigenvalue weighted by atomic mass is 15.3. The lowest BCUT2D eigenvalue weighted by Crippen LogP contribution is -2.07. The maximum absolute atomic E-state index is 5.97. The van der Waals surface area contributed by atoms with Crippen molar-refractivity contribution < 1.29 is 0 Å². The summed E-state index contributed by atoms with van der Waals surface area (Å²) in [6, 6.07) is 7.91. The smallest absolute Gasteiger partial charge is 0.0569 e. The minimum absolute atomic E-state index is 0.663. The van der Waals surface area contributed by atoms with Crippen molar-refractivity contribution in [1.82, 2.24) is 9.78 Å². The lowest BCUT2D eigenvalue weighted by atomic mass is 10.1. The van der Waals surface area contributed by atoms with E-state index in [1.165, 1.54) is 12.8 Å². The van der Waals surface area contributed by atoms with Gasteiger partial charge in [-0.25, -0.2) is 0 Å². The van der Waals surface area contributed by atoms with Gasteiger partial charge in [0.25, 0.3) is 0 Å². The lowest BCUT2D eigenvalue weighted by Gasteiger charge is -2.09. The molecular weight excluding hydrogens is 222 g/mol. The summed E-state index contributed by atoms with van der Waals surface area (Å²) >= 11 is 0. The molecule has 0 aliphatic heterocycles. The second-order valence-electron chi connectivity index (χ2n) is 4.93. The third kappa shape index (κ3) is 2.92. The summed E-state index contributed by atoms with van der Waals surface area (Å²) in [5.41, 5.74) is 8.93. The number of rotatable bonds is 5. The second kappa shape index (κ2) is 5.71. The fourth-order valence-electron chi connectivity index (χ4n) is 2.27. The molecule has 0 aliphatic rings. The molecule has 1 heterocycles. The van der Waals surface area contributed by atoms with Crippen molar-refractivity contribution in [3.05, 3.63) is 36.7 Å². The fraction of sp³-hybridized carbons (Fsp3) is 0.400. The molecular formula is C15H21N3. The van der Waals surface area contributed by atoms with Gasteiger partial charge in [-0.15, -0.1) is 0 Å². The van der Waals surface area contributed by atoms with E-state index in [4.69, 9.17) is 5.73 Å². The van der Waals surface area contributed by atoms with Gasteiger partial charge >= 0.3 is 0 Å². The zero-order valence-corrected chi connectivity index (χ0v) is 11.1. The van der Waals surface area contributed by atoms with Crippen molar-refractivity contribution in [3.63, 3.8) is 0 Å². The highest BCUT2D eigenvalue weighted by Crippen LogP contribution is 2.25. The van der Waals surface area contributed by atoms with Gasteiger partial charge in [-0.2, -0.15) is 5.10 Å². The molecule has 1 aromatic heterocycles. The van der Waals surface area contributed by atoms with Gasteiger partial charge in [0.15, 0.2) is 0 Å². The van der Waals surface area contributed by atoms with E-state index in [1.807, 2.05) is 35.1 Å². The Morgan fingerprint density at radius 2 is 2.11 bits per heavy atom. The SMILES string of the molecule is CCCC(C)Cn1cc(-c2ccccc2N)cn1. The van der Waals surface area contributed by atoms with Crippen LogP contribution >= 0.6 is 0 Å². The van der Waals surface area contributed by atoms with Crippen LogP contribution in [0.3, 0.4) is 0 Å². The molecule has 96 valence electrons. The summed E-state index contributed by atoms with van der Waals surface area (Å²) in [6.07, 6.45) is 6.44. The molecule has 0 amide bonds. The number of aromatic nitrogens is 2. The third-order valence-electron chi connectivity index (χ3n) is 3.19. The minimum atomic E-state index is 0.663. The maximum Gasteiger partial charge on any atom is 0.0569 e. The normalized spacial score (nSPS) is 12.6. The topological polar surface area (TPSA) is 43.8 Å². The van der Waals surface area contributed by atoms with Gasteiger partial charge < -0.3 is 5.73 Å². The largest absolute Gasteiger partial charge is 0.398 e. The molecule has 18 heavy (non-hydrogen) atoms. The average Bonchev–Trinajstić information content (AvgIpc) is 2.78. The van der Waals surface area contributed by atoms with E-state index in [-0.39, 0.29) is 0 Å². The molecule has 2 aromatic rings. The molecule has 3 heteroatoms. The van der Waals surface area contributed by atoms with Crippen molar-refractivity contribution in [2.45, 2.75) is 33.2 Å². The highest BCUT2D eigenvalue weighted by molar-refractivity contribution is 5.75. The van der Waals surface area contributed by atoms with Crippen LogP contribution in [-0.2, 0) is 6.54 Å². The van der Waals surface area contributed by atoms with Crippen LogP contribution in [-0.4, -0.2) is 9.78 Å². The van der Waals surface area contributed by atoms with Gasteiger partial charge in [0, 0.05) is 29.6 Å². The van der Waals surface area contributed by atoms with Crippen LogP contribution in [0.5, 0.6) is 0 Å². The van der Waals surface area contributed by atoms with Crippen LogP contribution in [0.1, 0.15) is 26.7 Å². The first-order chi connectivity index (χ1) is 8.70. The van der Waals surface area contributed by atoms with E-state index in [9.17, 15) is 0 Å². The van der Waals surface area contributed by atoms with E-state index in [0.29, 0.717) is 5.92 Å². The van der Waals surface area contributed by atoms with Gasteiger partial charge in [-0.3, -0.25) is 4.68 Å². The van der Waals surface area contributed by atoms with E-state index in [0.717, 1.165) is 23.4 Å². The molecule has 0 saturated carbocycles. The van der Waals surface area contributed by atoms with Crippen LogP contribution in [0.4, 0.5) is 5.69 Å². The summed E-state index contributed by atoms with van der Waals surface area (Å²) in [5, 5.41) is 4.42. The Morgan fingerprint density at radius 1 is 1.33 bits per heavy atom. The third-order valence-corrected chi connectivity index (χ3v) is 3.19. The quantitative estimate of drug-likeness (QED) is 0.816. The monoisotopic (exact) mass is 243 g/mol. The summed E-state index contributed by atoms with van der Waals surface area (Å²) in [4.78, 5) is 0. The lowest BCUT2D eigenvalue weighted by molar-refractivity contribution is 0.420. The number of nitrogen functional groups attached to an aromatic ring is 1. The molecule has 0 fully saturated rings. The first-order valence-corrected chi connectivity index (χ1v) is 6.58. The van der Waals surface area contributed by atoms with Crippen molar-refractivity contribution in [2.75, 3.05) is 5.73 Å². The van der Waals surface area contributed by atoms with Crippen molar-refractivity contribution >= 4 is 5.69 Å². The molecule has 1 atom stereocenters. The van der Waals surface area contributed by atoms with Crippen molar-refractivity contribution in [3.8, 4) is 11.1 Å². The number of hydrogen-bond donors (Lipinski definition) is 1. The molecule has 3 nitrogen and oxygen atoms in total. The second-order valence-corrected chi connectivity index (χ2v) is 4.93. The predicted octanol–water partition coefficient (Wildman–Crippen LogP) is 3.57. The number of para-hydroxylation sites is 1. The van der Waals surface area contributed by atoms with E-state index in [2.05, 4.69) is 25.1 Å². The predicted molar refractivity (Wildman–Crippen MR) is 76.1 cm³/mol. The van der Waals surface area contributed by atoms with Crippen LogP contribution < -0.4 is 5.73 Å². The Kier molecular flexibility index (Phi) is 4.03. The van der Waals surface area contributed by atoms with Crippen molar-refractivity contribution in [1.29, 1.82) is 0 Å². The molecule has 0 spiro atoms. The molecule has 2 N–H and O–H groups in total. The number of nitrogens with two attached hydrogens (primary N) is 1. The number of benzene rings is 1. The van der Waals surface area contributed by atoms with Crippen LogP contribution in [0, 0.1) is 5.92 Å². The minimum Gasteiger partial charge on any atom is -0.398 e. The van der Waals surface area contributed by atoms with E-state index in [1.54, 1.807) is 0 Å². The van der Waals surface area contributed by atoms with Gasteiger partial charge in [0.05, 0.1) is 6.20 Å². The Morgan fingerprint density at radius 3 is 2.83 bits per heavy atom. The van der Waals surface area contributed by atoms with Crippen LogP contribution in [0.15, 0.2) is 36.7 Å². The van der Waals surface area contributed by atoms with Gasteiger partial charge in [0.1, 0.15) is 0 Å². The molecule has 0 radical (unpaired) electrons. The van der Waals surface area contributed by atoms with Gasteiger partial charge in [-0.05, 0) is 18.4 Å². The van der Waals surface area contributed by atoms with E-state index < -0.39 is 0 Å². The zero-order valence-electron chi connectivity index (χ0n) is 11.1. The number of hydrogen-bond acceptors (Lipinski definition) is 2. The molecule has 0 aliphatic carbocycles. The molecule has 0 saturated heterocycles. The zero-order chi connectivity index (χ0) is 13.0. The fourth-order valence-corrected chi connectivity index (χ4v) is 2.27. The summed E-state index contributed by atoms with van der Waals surface area (Å²) in [7, 11) is 0. The van der Waals surface area contributed by atoms with Gasteiger partial charge in [-0.1, -0.05) is 38.5 Å². The average molecular weight is 243 g/mol. The Bertz CT molecular complexity index is 502. The first kappa shape index (κ1) is 12.7. The molecule has 1 unspecified atom stereocenters. The first-order valence-electron chi connectivity index (χ1n) is 6.58. The molecule has 1 aromatic carbocycles. The Labute approximate surface area is 109 Å². The maximum atomic E-state index is 5.97. The van der Waals surface area contributed by atoms with Crippen LogP contribution in [0.25, 0.3) is 11.1 Å². The van der Waals surface area contributed by atoms with Gasteiger partial charge in [0.2, 0.25) is 0 Å². The Hall–Kier alpha value is -1.77. The van der Waals surface area contributed by atoms with Crippen molar-refractivity contribution in [2.24, 2.45) is 5.92 Å². The number of nitrogens with zero attached hydrogens (tertiary/aromatic N) is 2. The molecule has 2 rings (SSSR count). The van der Waals surface area contributed by atoms with E-state index >= 15 is 0 Å². The highest BCUT2D eigenvalue weighted by Gasteiger charge is 2.07. The Balaban J connectivity index is 2.13. The number of anilines is 1. The molecule has 0 bridgehead atoms. The van der Waals surface area contributed by atoms with Crippen LogP contribution in [0.2, 0.25) is 0 Å². The summed E-state index contributed by atoms with van der Waals surface area (Å²) in [5.74, 6) is 0.663. The summed E-state index contributed by atoms with van der Waals surface area (Å²) < 4.78 is 2.02. The standard InChI is InChI=1S/C15H21N3/c1-3-6-12(2)10-18-11-13(9-17-18)14-7-4-5-8-15(14)16/h4-5,7-9,11-12H,3,6,10,16H2,1-2H3. The summed E-state index contributed by atoms with van der Waals surface area (Å²) in [6.45, 7) is 5.46.